The van der Waals surface area contributed by atoms with E-state index in [0.717, 1.165) is 6.26 Å². The molecule has 0 aliphatic carbocycles. The van der Waals surface area contributed by atoms with Gasteiger partial charge < -0.3 is 4.42 Å². The van der Waals surface area contributed by atoms with Crippen molar-refractivity contribution in [3.05, 3.63) is 23.0 Å². The fourth-order valence-electron chi connectivity index (χ4n) is 0.194. The first kappa shape index (κ1) is 3.98. The van der Waals surface area contributed by atoms with Gasteiger partial charge in [0.2, 0.25) is 0 Å². The van der Waals surface area contributed by atoms with Crippen LogP contribution in [0.5, 0.6) is 0 Å². The van der Waals surface area contributed by atoms with E-state index in [0.29, 0.717) is 0 Å². The Balaban J connectivity index is 3.28. The average Bonchev–Trinajstić information content (AvgIpc) is 1.69. The quantitative estimate of drug-likeness (QED) is 0.426. The Kier molecular flexibility index (Phi) is 0.856. The highest BCUT2D eigenvalue weighted by Gasteiger charge is 1.76. The Morgan fingerprint density at radius 1 is 1.86 bits per heavy atom. The second-order valence-corrected chi connectivity index (χ2v) is 0.831. The summed E-state index contributed by atoms with van der Waals surface area (Å²) in [5, 5.41) is 6.05. The monoisotopic (exact) mass is 97.0 g/mol. The molecule has 0 aliphatic heterocycles. The van der Waals surface area contributed by atoms with Crippen molar-refractivity contribution >= 4 is 0 Å². The third-order valence-corrected chi connectivity index (χ3v) is 0.402. The van der Waals surface area contributed by atoms with Crippen LogP contribution in [-0.2, 0) is 0 Å². The minimum atomic E-state index is -0.696. The van der Waals surface area contributed by atoms with E-state index in [1.54, 1.807) is 0 Å². The second-order valence-electron chi connectivity index (χ2n) is 0.831. The maximum absolute atomic E-state index is 9.91. The maximum Gasteiger partial charge on any atom is 0.457 e. The molecule has 0 aliphatic rings. The van der Waals surface area contributed by atoms with Gasteiger partial charge in [-0.3, -0.25) is 0 Å². The third kappa shape index (κ3) is 0.819. The molecule has 0 bridgehead atoms. The summed E-state index contributed by atoms with van der Waals surface area (Å²) in [5.74, 6) is -0.696. The van der Waals surface area contributed by atoms with E-state index in [9.17, 15) is 4.79 Å². The first-order valence-corrected chi connectivity index (χ1v) is 1.58. The lowest BCUT2D eigenvalue weighted by Gasteiger charge is -1.69. The Morgan fingerprint density at radius 2 is 2.71 bits per heavy atom. The van der Waals surface area contributed by atoms with Gasteiger partial charge in [-0.2, -0.15) is 0 Å². The van der Waals surface area contributed by atoms with Crippen molar-refractivity contribution in [1.29, 1.82) is 0 Å². The predicted molar refractivity (Wildman–Crippen MR) is 19.4 cm³/mol. The Morgan fingerprint density at radius 3 is 3.00 bits per heavy atom. The van der Waals surface area contributed by atoms with Gasteiger partial charge in [0.1, 0.15) is 6.26 Å². The van der Waals surface area contributed by atoms with Crippen LogP contribution in [0.25, 0.3) is 0 Å². The molecule has 1 radical (unpaired) electrons. The van der Waals surface area contributed by atoms with Crippen molar-refractivity contribution in [2.24, 2.45) is 0 Å². The summed E-state index contributed by atoms with van der Waals surface area (Å²) in [5.41, 5.74) is 0. The van der Waals surface area contributed by atoms with Gasteiger partial charge in [-0.05, 0) is 0 Å². The van der Waals surface area contributed by atoms with E-state index >= 15 is 0 Å². The number of rotatable bonds is 0. The highest BCUT2D eigenvalue weighted by molar-refractivity contribution is 4.49. The molecular weight excluding hydrogens is 96.0 g/mol. The normalized spacial score (nSPS) is 8.57. The van der Waals surface area contributed by atoms with E-state index in [1.807, 2.05) is 0 Å². The van der Waals surface area contributed by atoms with Crippen LogP contribution in [0.15, 0.2) is 15.5 Å². The van der Waals surface area contributed by atoms with Crippen molar-refractivity contribution in [3.8, 4) is 0 Å². The summed E-state index contributed by atoms with van der Waals surface area (Å²) in [4.78, 5) is 9.91. The molecule has 35 valence electrons. The summed E-state index contributed by atoms with van der Waals surface area (Å²) < 4.78 is 4.14. The minimum Gasteiger partial charge on any atom is -0.413 e. The first-order valence-electron chi connectivity index (χ1n) is 1.58. The van der Waals surface area contributed by atoms with Crippen molar-refractivity contribution in [1.82, 2.24) is 10.2 Å². The highest BCUT2D eigenvalue weighted by Crippen LogP contribution is 1.58. The van der Waals surface area contributed by atoms with Crippen molar-refractivity contribution in [2.75, 3.05) is 0 Å². The molecule has 0 amide bonds. The van der Waals surface area contributed by atoms with Crippen LogP contribution in [0, 0.1) is 6.20 Å². The zero-order valence-electron chi connectivity index (χ0n) is 3.29. The summed E-state index contributed by atoms with van der Waals surface area (Å²) in [6.45, 7) is 0. The summed E-state index contributed by atoms with van der Waals surface area (Å²) >= 11 is 0. The molecule has 0 saturated carbocycles. The Bertz CT molecular complexity index is 177. The van der Waals surface area contributed by atoms with Crippen LogP contribution in [-0.4, -0.2) is 10.2 Å². The number of nitrogens with zero attached hydrogens (tertiary/aromatic N) is 2. The zero-order chi connectivity index (χ0) is 5.11. The van der Waals surface area contributed by atoms with Gasteiger partial charge in [-0.1, -0.05) is 5.10 Å². The number of hydrogen-bond acceptors (Lipinski definition) is 4. The summed E-state index contributed by atoms with van der Waals surface area (Å²) in [7, 11) is 0. The fourth-order valence-corrected chi connectivity index (χ4v) is 0.194. The number of aromatic nitrogens is 2. The predicted octanol–water partition coefficient (Wildman–Crippen LogP) is -0.770. The van der Waals surface area contributed by atoms with Gasteiger partial charge in [0.05, 0.1) is 0 Å². The first-order chi connectivity index (χ1) is 3.39. The highest BCUT2D eigenvalue weighted by atomic mass is 16.4. The van der Waals surface area contributed by atoms with Crippen LogP contribution in [0.4, 0.5) is 0 Å². The summed E-state index contributed by atoms with van der Waals surface area (Å²) in [6.07, 6.45) is 3.26. The van der Waals surface area contributed by atoms with Crippen LogP contribution < -0.4 is 5.76 Å². The van der Waals surface area contributed by atoms with Gasteiger partial charge >= 0.3 is 5.76 Å². The molecule has 4 nitrogen and oxygen atoms in total. The molecule has 1 aromatic heterocycles. The molecule has 7 heavy (non-hydrogen) atoms. The van der Waals surface area contributed by atoms with Crippen LogP contribution in [0.2, 0.25) is 0 Å². The average molecular weight is 97.1 g/mol. The molecular formula is C3HN2O2. The lowest BCUT2D eigenvalue weighted by Crippen LogP contribution is -2.02. The Hall–Kier alpha value is -1.19. The van der Waals surface area contributed by atoms with E-state index < -0.39 is 5.76 Å². The standard InChI is InChI=1S/C3HN2O2/c6-3-5-4-1-2-7-3/h2H. The van der Waals surface area contributed by atoms with Crippen LogP contribution >= 0.6 is 0 Å². The summed E-state index contributed by atoms with van der Waals surface area (Å²) in [6, 6.07) is 0. The SMILES string of the molecule is O=c1nn[c]co1. The smallest absolute Gasteiger partial charge is 0.413 e. The van der Waals surface area contributed by atoms with E-state index in [2.05, 4.69) is 20.8 Å². The van der Waals surface area contributed by atoms with Crippen LogP contribution in [0.3, 0.4) is 0 Å². The molecule has 1 heterocycles. The van der Waals surface area contributed by atoms with Crippen molar-refractivity contribution in [2.45, 2.75) is 0 Å². The lowest BCUT2D eigenvalue weighted by atomic mass is 11.0. The van der Waals surface area contributed by atoms with Crippen molar-refractivity contribution in [3.63, 3.8) is 0 Å². The number of hydrogen-bond donors (Lipinski definition) is 0. The van der Waals surface area contributed by atoms with E-state index in [-0.39, 0.29) is 0 Å². The van der Waals surface area contributed by atoms with Gasteiger partial charge in [-0.25, -0.2) is 4.79 Å². The van der Waals surface area contributed by atoms with Gasteiger partial charge in [0, 0.05) is 0 Å². The van der Waals surface area contributed by atoms with Crippen LogP contribution in [0.1, 0.15) is 0 Å². The van der Waals surface area contributed by atoms with Gasteiger partial charge in [0.25, 0.3) is 0 Å². The van der Waals surface area contributed by atoms with Crippen molar-refractivity contribution < 1.29 is 4.42 Å². The molecule has 0 saturated heterocycles. The molecule has 0 atom stereocenters. The van der Waals surface area contributed by atoms with E-state index in [1.165, 1.54) is 0 Å². The maximum atomic E-state index is 9.91. The molecule has 0 aromatic carbocycles. The molecule has 0 spiro atoms. The molecule has 4 heteroatoms. The molecule has 1 rings (SSSR count). The second kappa shape index (κ2) is 1.51. The lowest BCUT2D eigenvalue weighted by molar-refractivity contribution is 0.463. The molecule has 0 fully saturated rings. The molecule has 1 aromatic rings. The van der Waals surface area contributed by atoms with Gasteiger partial charge in [0.15, 0.2) is 6.20 Å². The molecule has 0 N–H and O–H groups in total. The minimum absolute atomic E-state index is 0.696. The third-order valence-electron chi connectivity index (χ3n) is 0.402. The topological polar surface area (TPSA) is 56.0 Å². The van der Waals surface area contributed by atoms with E-state index in [4.69, 9.17) is 0 Å². The zero-order valence-corrected chi connectivity index (χ0v) is 3.29. The fraction of sp³-hybridized carbons (Fsp3) is 0. The largest absolute Gasteiger partial charge is 0.457 e. The van der Waals surface area contributed by atoms with Gasteiger partial charge in [-0.15, -0.1) is 5.10 Å². The Labute approximate surface area is 38.8 Å². The molecule has 0 unspecified atom stereocenters.